The molecule has 2 heteroatoms. The van der Waals surface area contributed by atoms with Crippen molar-refractivity contribution >= 4 is 5.69 Å². The number of ether oxygens (including phenoxy) is 1. The van der Waals surface area contributed by atoms with Crippen LogP contribution in [0.15, 0.2) is 72.8 Å². The van der Waals surface area contributed by atoms with Crippen molar-refractivity contribution in [2.24, 2.45) is 0 Å². The van der Waals surface area contributed by atoms with Crippen LogP contribution in [0.2, 0.25) is 0 Å². The maximum Gasteiger partial charge on any atom is 0.150 e. The first-order chi connectivity index (χ1) is 10.3. The zero-order valence-corrected chi connectivity index (χ0v) is 11.9. The Kier molecular flexibility index (Phi) is 3.61. The van der Waals surface area contributed by atoms with Gasteiger partial charge in [0.15, 0.2) is 5.75 Å². The van der Waals surface area contributed by atoms with Gasteiger partial charge in [-0.3, -0.25) is 0 Å². The van der Waals surface area contributed by atoms with Gasteiger partial charge in [-0.2, -0.15) is 0 Å². The maximum atomic E-state index is 6.09. The minimum Gasteiger partial charge on any atom is -0.455 e. The number of hydrogen-bond acceptors (Lipinski definition) is 2. The lowest BCUT2D eigenvalue weighted by molar-refractivity contribution is 0.486. The molecule has 0 unspecified atom stereocenters. The average molecular weight is 275 g/mol. The highest BCUT2D eigenvalue weighted by Gasteiger charge is 2.09. The Labute approximate surface area is 124 Å². The van der Waals surface area contributed by atoms with Crippen LogP contribution in [0.5, 0.6) is 11.5 Å². The summed E-state index contributed by atoms with van der Waals surface area (Å²) >= 11 is 0. The Morgan fingerprint density at radius 1 is 0.714 bits per heavy atom. The molecule has 0 spiro atoms. The van der Waals surface area contributed by atoms with E-state index >= 15 is 0 Å². The zero-order chi connectivity index (χ0) is 14.7. The number of anilines is 1. The molecular formula is C19H17NO. The third-order valence-corrected chi connectivity index (χ3v) is 3.48. The second-order valence-corrected chi connectivity index (χ2v) is 4.95. The first-order valence-corrected chi connectivity index (χ1v) is 6.93. The van der Waals surface area contributed by atoms with Crippen LogP contribution in [0.1, 0.15) is 5.56 Å². The first-order valence-electron chi connectivity index (χ1n) is 6.93. The Morgan fingerprint density at radius 2 is 1.38 bits per heavy atom. The number of aryl methyl sites for hydroxylation is 1. The molecule has 0 saturated heterocycles. The SMILES string of the molecule is Cc1cccc(Oc2ccccc2-c2ccccc2)c1N. The maximum absolute atomic E-state index is 6.09. The van der Waals surface area contributed by atoms with Crippen molar-refractivity contribution in [1.29, 1.82) is 0 Å². The van der Waals surface area contributed by atoms with Crippen LogP contribution >= 0.6 is 0 Å². The predicted octanol–water partition coefficient (Wildman–Crippen LogP) is 5.04. The van der Waals surface area contributed by atoms with Gasteiger partial charge in [-0.05, 0) is 30.2 Å². The van der Waals surface area contributed by atoms with Crippen LogP contribution in [-0.2, 0) is 0 Å². The van der Waals surface area contributed by atoms with Crippen LogP contribution < -0.4 is 10.5 Å². The Morgan fingerprint density at radius 3 is 2.19 bits per heavy atom. The highest BCUT2D eigenvalue weighted by Crippen LogP contribution is 2.35. The Hall–Kier alpha value is -2.74. The van der Waals surface area contributed by atoms with E-state index in [0.29, 0.717) is 11.4 Å². The van der Waals surface area contributed by atoms with E-state index in [4.69, 9.17) is 10.5 Å². The number of rotatable bonds is 3. The lowest BCUT2D eigenvalue weighted by Crippen LogP contribution is -1.95. The van der Waals surface area contributed by atoms with Crippen molar-refractivity contribution in [3.63, 3.8) is 0 Å². The minimum absolute atomic E-state index is 0.681. The molecule has 3 aromatic rings. The standard InChI is InChI=1S/C19H17NO/c1-14-8-7-13-18(19(14)20)21-17-12-6-5-11-16(17)15-9-3-2-4-10-15/h2-13H,20H2,1H3. The molecule has 3 aromatic carbocycles. The third-order valence-electron chi connectivity index (χ3n) is 3.48. The van der Waals surface area contributed by atoms with E-state index in [1.807, 2.05) is 61.5 Å². The quantitative estimate of drug-likeness (QED) is 0.680. The van der Waals surface area contributed by atoms with Crippen molar-refractivity contribution in [3.05, 3.63) is 78.4 Å². The molecule has 0 aliphatic carbocycles. The number of benzene rings is 3. The molecule has 21 heavy (non-hydrogen) atoms. The van der Waals surface area contributed by atoms with Crippen molar-refractivity contribution < 1.29 is 4.74 Å². The van der Waals surface area contributed by atoms with Crippen molar-refractivity contribution in [3.8, 4) is 22.6 Å². The number of nitrogens with two attached hydrogens (primary N) is 1. The van der Waals surface area contributed by atoms with Gasteiger partial charge in [-0.1, -0.05) is 60.7 Å². The van der Waals surface area contributed by atoms with Crippen LogP contribution in [0, 0.1) is 6.92 Å². The molecule has 0 aliphatic rings. The average Bonchev–Trinajstić information content (AvgIpc) is 2.53. The van der Waals surface area contributed by atoms with E-state index in [1.54, 1.807) is 0 Å². The molecule has 3 rings (SSSR count). The zero-order valence-electron chi connectivity index (χ0n) is 11.9. The van der Waals surface area contributed by atoms with Gasteiger partial charge in [0.1, 0.15) is 5.75 Å². The fourth-order valence-electron chi connectivity index (χ4n) is 2.27. The summed E-state index contributed by atoms with van der Waals surface area (Å²) in [5.74, 6) is 1.50. The Bertz CT molecular complexity index is 751. The van der Waals surface area contributed by atoms with E-state index in [0.717, 1.165) is 22.4 Å². The third kappa shape index (κ3) is 2.75. The largest absolute Gasteiger partial charge is 0.455 e. The highest BCUT2D eigenvalue weighted by atomic mass is 16.5. The molecule has 0 radical (unpaired) electrons. The smallest absolute Gasteiger partial charge is 0.150 e. The molecule has 0 amide bonds. The summed E-state index contributed by atoms with van der Waals surface area (Å²) in [4.78, 5) is 0. The van der Waals surface area contributed by atoms with E-state index in [2.05, 4.69) is 18.2 Å². The van der Waals surface area contributed by atoms with Gasteiger partial charge in [-0.25, -0.2) is 0 Å². The number of para-hydroxylation sites is 2. The van der Waals surface area contributed by atoms with E-state index in [9.17, 15) is 0 Å². The highest BCUT2D eigenvalue weighted by molar-refractivity contribution is 5.71. The normalized spacial score (nSPS) is 10.3. The van der Waals surface area contributed by atoms with Crippen LogP contribution in [0.4, 0.5) is 5.69 Å². The summed E-state index contributed by atoms with van der Waals surface area (Å²) in [6.07, 6.45) is 0. The molecule has 2 nitrogen and oxygen atoms in total. The summed E-state index contributed by atoms with van der Waals surface area (Å²) in [6, 6.07) is 24.0. The van der Waals surface area contributed by atoms with Crippen LogP contribution in [-0.4, -0.2) is 0 Å². The van der Waals surface area contributed by atoms with Gasteiger partial charge in [-0.15, -0.1) is 0 Å². The van der Waals surface area contributed by atoms with Crippen molar-refractivity contribution in [2.45, 2.75) is 6.92 Å². The molecule has 0 saturated carbocycles. The Balaban J connectivity index is 2.02. The van der Waals surface area contributed by atoms with Gasteiger partial charge in [0.2, 0.25) is 0 Å². The van der Waals surface area contributed by atoms with Crippen molar-refractivity contribution in [2.75, 3.05) is 5.73 Å². The summed E-state index contributed by atoms with van der Waals surface area (Å²) in [5.41, 5.74) is 9.97. The summed E-state index contributed by atoms with van der Waals surface area (Å²) < 4.78 is 6.05. The molecule has 104 valence electrons. The predicted molar refractivity (Wildman–Crippen MR) is 87.5 cm³/mol. The van der Waals surface area contributed by atoms with E-state index < -0.39 is 0 Å². The lowest BCUT2D eigenvalue weighted by Gasteiger charge is -2.13. The second-order valence-electron chi connectivity index (χ2n) is 4.95. The van der Waals surface area contributed by atoms with E-state index in [-0.39, 0.29) is 0 Å². The fourth-order valence-corrected chi connectivity index (χ4v) is 2.27. The van der Waals surface area contributed by atoms with Crippen LogP contribution in [0.25, 0.3) is 11.1 Å². The van der Waals surface area contributed by atoms with E-state index in [1.165, 1.54) is 0 Å². The molecule has 0 aromatic heterocycles. The second kappa shape index (κ2) is 5.71. The van der Waals surface area contributed by atoms with Crippen LogP contribution in [0.3, 0.4) is 0 Å². The molecule has 2 N–H and O–H groups in total. The fraction of sp³-hybridized carbons (Fsp3) is 0.0526. The van der Waals surface area contributed by atoms with Gasteiger partial charge < -0.3 is 10.5 Å². The van der Waals surface area contributed by atoms with Gasteiger partial charge >= 0.3 is 0 Å². The first kappa shape index (κ1) is 13.3. The molecule has 0 aliphatic heterocycles. The summed E-state index contributed by atoms with van der Waals surface area (Å²) in [5, 5.41) is 0. The molecule has 0 atom stereocenters. The summed E-state index contributed by atoms with van der Waals surface area (Å²) in [7, 11) is 0. The summed E-state index contributed by atoms with van der Waals surface area (Å²) in [6.45, 7) is 1.98. The monoisotopic (exact) mass is 275 g/mol. The van der Waals surface area contributed by atoms with Gasteiger partial charge in [0, 0.05) is 5.56 Å². The molecule has 0 heterocycles. The lowest BCUT2D eigenvalue weighted by atomic mass is 10.0. The molecule has 0 bridgehead atoms. The minimum atomic E-state index is 0.681. The van der Waals surface area contributed by atoms with Gasteiger partial charge in [0.05, 0.1) is 5.69 Å². The number of hydrogen-bond donors (Lipinski definition) is 1. The van der Waals surface area contributed by atoms with Crippen molar-refractivity contribution in [1.82, 2.24) is 0 Å². The number of nitrogen functional groups attached to an aromatic ring is 1. The molecular weight excluding hydrogens is 258 g/mol. The topological polar surface area (TPSA) is 35.2 Å². The molecule has 0 fully saturated rings. The van der Waals surface area contributed by atoms with Gasteiger partial charge in [0.25, 0.3) is 0 Å².